The molecule has 0 fully saturated rings. The van der Waals surface area contributed by atoms with E-state index in [1.54, 1.807) is 11.3 Å². The van der Waals surface area contributed by atoms with Crippen LogP contribution in [0.15, 0.2) is 11.4 Å². The maximum absolute atomic E-state index is 9.73. The van der Waals surface area contributed by atoms with Gasteiger partial charge in [0.05, 0.1) is 6.10 Å². The third-order valence-corrected chi connectivity index (χ3v) is 2.98. The molecule has 2 unspecified atom stereocenters. The van der Waals surface area contributed by atoms with Gasteiger partial charge < -0.3 is 10.2 Å². The van der Waals surface area contributed by atoms with Crippen LogP contribution in [0.25, 0.3) is 0 Å². The summed E-state index contributed by atoms with van der Waals surface area (Å²) in [5.41, 5.74) is 0.823. The van der Waals surface area contributed by atoms with Gasteiger partial charge in [0.2, 0.25) is 0 Å². The summed E-state index contributed by atoms with van der Waals surface area (Å²) in [6.45, 7) is 5.78. The lowest BCUT2D eigenvalue weighted by atomic mass is 9.98. The first-order valence-corrected chi connectivity index (χ1v) is 5.31. The number of thiophene rings is 1. The first-order chi connectivity index (χ1) is 6.02. The average Bonchev–Trinajstić information content (AvgIpc) is 2.49. The molecule has 0 aliphatic heterocycles. The predicted octanol–water partition coefficient (Wildman–Crippen LogP) is 2.11. The molecule has 1 heterocycles. The lowest BCUT2D eigenvalue weighted by molar-refractivity contribution is -0.00918. The van der Waals surface area contributed by atoms with Crippen molar-refractivity contribution in [3.8, 4) is 0 Å². The van der Waals surface area contributed by atoms with Gasteiger partial charge in [-0.1, -0.05) is 13.8 Å². The normalized spacial score (nSPS) is 16.2. The molecule has 0 spiro atoms. The average molecular weight is 200 g/mol. The van der Waals surface area contributed by atoms with E-state index in [0.717, 1.165) is 10.4 Å². The Labute approximate surface area is 82.8 Å². The van der Waals surface area contributed by atoms with Crippen molar-refractivity contribution in [2.75, 3.05) is 0 Å². The van der Waals surface area contributed by atoms with Crippen molar-refractivity contribution in [3.63, 3.8) is 0 Å². The standard InChI is InChI=1S/C10H16O2S/c1-6(2)9(11)10(12)8-4-7(3)13-5-8/h4-6,9-12H,1-3H3. The highest BCUT2D eigenvalue weighted by Crippen LogP contribution is 2.25. The lowest BCUT2D eigenvalue weighted by Gasteiger charge is -2.20. The summed E-state index contributed by atoms with van der Waals surface area (Å²) < 4.78 is 0. The molecule has 1 rings (SSSR count). The second-order valence-corrected chi connectivity index (χ2v) is 4.79. The van der Waals surface area contributed by atoms with Crippen molar-refractivity contribution in [1.29, 1.82) is 0 Å². The molecule has 0 radical (unpaired) electrons. The summed E-state index contributed by atoms with van der Waals surface area (Å²) in [6, 6.07) is 1.92. The van der Waals surface area contributed by atoms with Crippen LogP contribution in [0.2, 0.25) is 0 Å². The summed E-state index contributed by atoms with van der Waals surface area (Å²) in [4.78, 5) is 1.16. The van der Waals surface area contributed by atoms with Crippen molar-refractivity contribution in [2.45, 2.75) is 33.0 Å². The van der Waals surface area contributed by atoms with Gasteiger partial charge >= 0.3 is 0 Å². The number of rotatable bonds is 3. The maximum Gasteiger partial charge on any atom is 0.106 e. The Morgan fingerprint density at radius 1 is 1.31 bits per heavy atom. The molecule has 2 nitrogen and oxygen atoms in total. The third kappa shape index (κ3) is 2.53. The largest absolute Gasteiger partial charge is 0.390 e. The van der Waals surface area contributed by atoms with Crippen molar-refractivity contribution < 1.29 is 10.2 Å². The topological polar surface area (TPSA) is 40.5 Å². The van der Waals surface area contributed by atoms with E-state index in [4.69, 9.17) is 0 Å². The van der Waals surface area contributed by atoms with E-state index >= 15 is 0 Å². The number of hydrogen-bond acceptors (Lipinski definition) is 3. The minimum Gasteiger partial charge on any atom is -0.390 e. The predicted molar refractivity (Wildman–Crippen MR) is 54.9 cm³/mol. The maximum atomic E-state index is 9.73. The first kappa shape index (κ1) is 10.7. The van der Waals surface area contributed by atoms with Crippen molar-refractivity contribution in [2.24, 2.45) is 5.92 Å². The molecule has 0 amide bonds. The van der Waals surface area contributed by atoms with E-state index < -0.39 is 12.2 Å². The Morgan fingerprint density at radius 2 is 1.92 bits per heavy atom. The highest BCUT2D eigenvalue weighted by Gasteiger charge is 2.21. The van der Waals surface area contributed by atoms with Crippen molar-refractivity contribution >= 4 is 11.3 Å². The van der Waals surface area contributed by atoms with Crippen molar-refractivity contribution in [3.05, 3.63) is 21.9 Å². The van der Waals surface area contributed by atoms with E-state index in [2.05, 4.69) is 0 Å². The van der Waals surface area contributed by atoms with Crippen molar-refractivity contribution in [1.82, 2.24) is 0 Å². The molecule has 2 N–H and O–H groups in total. The first-order valence-electron chi connectivity index (χ1n) is 4.43. The lowest BCUT2D eigenvalue weighted by Crippen LogP contribution is -2.23. The van der Waals surface area contributed by atoms with E-state index in [1.807, 2.05) is 32.2 Å². The van der Waals surface area contributed by atoms with Gasteiger partial charge in [0.15, 0.2) is 0 Å². The van der Waals surface area contributed by atoms with Crippen LogP contribution in [0.3, 0.4) is 0 Å². The number of aliphatic hydroxyl groups excluding tert-OH is 2. The fraction of sp³-hybridized carbons (Fsp3) is 0.600. The second-order valence-electron chi connectivity index (χ2n) is 3.67. The molecular weight excluding hydrogens is 184 g/mol. The van der Waals surface area contributed by atoms with Gasteiger partial charge in [-0.2, -0.15) is 0 Å². The molecule has 1 aromatic heterocycles. The van der Waals surface area contributed by atoms with Gasteiger partial charge in [0.25, 0.3) is 0 Å². The smallest absolute Gasteiger partial charge is 0.106 e. The Hall–Kier alpha value is -0.380. The molecule has 0 aliphatic rings. The Morgan fingerprint density at radius 3 is 2.31 bits per heavy atom. The van der Waals surface area contributed by atoms with Gasteiger partial charge in [-0.05, 0) is 29.9 Å². The summed E-state index contributed by atoms with van der Waals surface area (Å²) >= 11 is 1.59. The molecular formula is C10H16O2S. The molecule has 3 heteroatoms. The van der Waals surface area contributed by atoms with Crippen LogP contribution in [0.5, 0.6) is 0 Å². The SMILES string of the molecule is Cc1cc(C(O)C(O)C(C)C)cs1. The minimum atomic E-state index is -0.745. The second kappa shape index (κ2) is 4.22. The van der Waals surface area contributed by atoms with E-state index in [-0.39, 0.29) is 5.92 Å². The summed E-state index contributed by atoms with van der Waals surface area (Å²) in [6.07, 6.45) is -1.42. The zero-order valence-electron chi connectivity index (χ0n) is 8.19. The van der Waals surface area contributed by atoms with Gasteiger partial charge in [0.1, 0.15) is 6.10 Å². The Bertz CT molecular complexity index is 268. The molecule has 0 aliphatic carbocycles. The Balaban J connectivity index is 2.73. The number of aryl methyl sites for hydroxylation is 1. The van der Waals surface area contributed by atoms with Crippen LogP contribution < -0.4 is 0 Å². The Kier molecular flexibility index (Phi) is 3.47. The van der Waals surface area contributed by atoms with Gasteiger partial charge in [-0.25, -0.2) is 0 Å². The molecule has 13 heavy (non-hydrogen) atoms. The summed E-state index contributed by atoms with van der Waals surface area (Å²) in [5, 5.41) is 21.2. The van der Waals surface area contributed by atoms with Crippen LogP contribution in [0, 0.1) is 12.8 Å². The molecule has 2 atom stereocenters. The third-order valence-electron chi connectivity index (χ3n) is 2.10. The highest BCUT2D eigenvalue weighted by molar-refractivity contribution is 7.10. The number of hydrogen-bond donors (Lipinski definition) is 2. The number of aliphatic hydroxyl groups is 2. The van der Waals surface area contributed by atoms with Crippen LogP contribution in [-0.2, 0) is 0 Å². The van der Waals surface area contributed by atoms with Crippen LogP contribution in [0.1, 0.15) is 30.4 Å². The van der Waals surface area contributed by atoms with Gasteiger partial charge in [-0.3, -0.25) is 0 Å². The summed E-state index contributed by atoms with van der Waals surface area (Å²) in [5.74, 6) is 0.0789. The van der Waals surface area contributed by atoms with Gasteiger partial charge in [-0.15, -0.1) is 11.3 Å². The minimum absolute atomic E-state index is 0.0789. The van der Waals surface area contributed by atoms with Crippen LogP contribution in [0.4, 0.5) is 0 Å². The molecule has 0 bridgehead atoms. The fourth-order valence-electron chi connectivity index (χ4n) is 1.18. The van der Waals surface area contributed by atoms with E-state index in [0.29, 0.717) is 0 Å². The van der Waals surface area contributed by atoms with E-state index in [9.17, 15) is 10.2 Å². The van der Waals surface area contributed by atoms with Crippen LogP contribution in [-0.4, -0.2) is 16.3 Å². The monoisotopic (exact) mass is 200 g/mol. The van der Waals surface area contributed by atoms with E-state index in [1.165, 1.54) is 0 Å². The highest BCUT2D eigenvalue weighted by atomic mass is 32.1. The zero-order chi connectivity index (χ0) is 10.0. The van der Waals surface area contributed by atoms with Gasteiger partial charge in [0, 0.05) is 4.88 Å². The molecule has 1 aromatic rings. The quantitative estimate of drug-likeness (QED) is 0.784. The summed E-state index contributed by atoms with van der Waals surface area (Å²) in [7, 11) is 0. The van der Waals surface area contributed by atoms with Crippen LogP contribution >= 0.6 is 11.3 Å². The fourth-order valence-corrected chi connectivity index (χ4v) is 1.91. The molecule has 0 saturated carbocycles. The zero-order valence-corrected chi connectivity index (χ0v) is 9.01. The molecule has 74 valence electrons. The molecule has 0 saturated heterocycles. The molecule has 0 aromatic carbocycles.